The fourth-order valence-corrected chi connectivity index (χ4v) is 2.61. The third kappa shape index (κ3) is 1.89. The Morgan fingerprint density at radius 1 is 1.69 bits per heavy atom. The monoisotopic (exact) mass is 286 g/mol. The number of nitrogens with two attached hydrogens (primary N) is 1. The van der Waals surface area contributed by atoms with Gasteiger partial charge in [0.05, 0.1) is 10.7 Å². The molecule has 1 aromatic rings. The van der Waals surface area contributed by atoms with Gasteiger partial charge in [-0.15, -0.1) is 0 Å². The lowest BCUT2D eigenvalue weighted by molar-refractivity contribution is -0.129. The van der Waals surface area contributed by atoms with Crippen LogP contribution in [0.2, 0.25) is 0 Å². The molecule has 5 heteroatoms. The smallest absolute Gasteiger partial charge is 0.224 e. The van der Waals surface area contributed by atoms with Crippen molar-refractivity contribution in [3.05, 3.63) is 22.6 Å². The summed E-state index contributed by atoms with van der Waals surface area (Å²) in [6.45, 7) is 2.77. The summed E-state index contributed by atoms with van der Waals surface area (Å²) < 4.78 is 6.30. The number of rotatable bonds is 3. The average Bonchev–Trinajstić information content (AvgIpc) is 2.73. The molecule has 0 bridgehead atoms. The summed E-state index contributed by atoms with van der Waals surface area (Å²) in [5, 5.41) is 0. The molecule has 2 unspecified atom stereocenters. The van der Waals surface area contributed by atoms with Crippen LogP contribution in [0.3, 0.4) is 0 Å². The van der Waals surface area contributed by atoms with Gasteiger partial charge in [-0.05, 0) is 28.4 Å². The fraction of sp³-hybridized carbons (Fsp3) is 0.545. The van der Waals surface area contributed by atoms with Gasteiger partial charge in [0.25, 0.3) is 0 Å². The minimum atomic E-state index is -0.179. The molecule has 2 N–H and O–H groups in total. The molecule has 2 rings (SSSR count). The van der Waals surface area contributed by atoms with E-state index < -0.39 is 0 Å². The van der Waals surface area contributed by atoms with Crippen LogP contribution in [0.5, 0.6) is 0 Å². The highest BCUT2D eigenvalue weighted by Gasteiger charge is 2.40. The fourth-order valence-electron chi connectivity index (χ4n) is 2.17. The van der Waals surface area contributed by atoms with Gasteiger partial charge in [-0.2, -0.15) is 0 Å². The number of carbonyl (C=O) groups excluding carboxylic acids is 1. The van der Waals surface area contributed by atoms with Crippen molar-refractivity contribution in [2.75, 3.05) is 6.54 Å². The number of halogens is 1. The predicted octanol–water partition coefficient (Wildman–Crippen LogP) is 2.05. The lowest BCUT2D eigenvalue weighted by Gasteiger charge is -2.25. The van der Waals surface area contributed by atoms with Crippen molar-refractivity contribution in [3.63, 3.8) is 0 Å². The van der Waals surface area contributed by atoms with Crippen molar-refractivity contribution in [2.45, 2.75) is 31.8 Å². The standard InChI is InChI=1S/C11H15BrN2O2/c1-2-4-14-9(15)6-8(13)10(14)11-7(12)3-5-16-11/h3,5,8,10H,2,4,6,13H2,1H3. The van der Waals surface area contributed by atoms with Gasteiger partial charge in [-0.25, -0.2) is 0 Å². The maximum absolute atomic E-state index is 11.8. The van der Waals surface area contributed by atoms with E-state index in [1.807, 2.05) is 17.9 Å². The summed E-state index contributed by atoms with van der Waals surface area (Å²) in [6, 6.07) is 1.52. The zero-order valence-electron chi connectivity index (χ0n) is 9.15. The van der Waals surface area contributed by atoms with Gasteiger partial charge >= 0.3 is 0 Å². The van der Waals surface area contributed by atoms with E-state index in [-0.39, 0.29) is 18.0 Å². The number of furan rings is 1. The van der Waals surface area contributed by atoms with Crippen molar-refractivity contribution in [1.29, 1.82) is 0 Å². The van der Waals surface area contributed by atoms with E-state index in [9.17, 15) is 4.79 Å². The Balaban J connectivity index is 2.30. The molecule has 1 aliphatic rings. The van der Waals surface area contributed by atoms with Crippen molar-refractivity contribution >= 4 is 21.8 Å². The zero-order chi connectivity index (χ0) is 11.7. The van der Waals surface area contributed by atoms with E-state index in [2.05, 4.69) is 15.9 Å². The Kier molecular flexibility index (Phi) is 3.35. The average molecular weight is 287 g/mol. The maximum Gasteiger partial charge on any atom is 0.224 e. The van der Waals surface area contributed by atoms with E-state index in [0.29, 0.717) is 6.42 Å². The number of nitrogens with zero attached hydrogens (tertiary/aromatic N) is 1. The first kappa shape index (κ1) is 11.7. The summed E-state index contributed by atoms with van der Waals surface area (Å²) in [4.78, 5) is 13.6. The number of hydrogen-bond donors (Lipinski definition) is 1. The van der Waals surface area contributed by atoms with Gasteiger partial charge in [0, 0.05) is 19.0 Å². The summed E-state index contributed by atoms with van der Waals surface area (Å²) in [7, 11) is 0. The van der Waals surface area contributed by atoms with Crippen LogP contribution in [0.25, 0.3) is 0 Å². The first-order valence-corrected chi connectivity index (χ1v) is 6.22. The van der Waals surface area contributed by atoms with Crippen LogP contribution in [0, 0.1) is 0 Å². The lowest BCUT2D eigenvalue weighted by atomic mass is 10.1. The minimum Gasteiger partial charge on any atom is -0.466 e. The number of hydrogen-bond acceptors (Lipinski definition) is 3. The van der Waals surface area contributed by atoms with Crippen LogP contribution in [0.15, 0.2) is 21.2 Å². The SMILES string of the molecule is CCCN1C(=O)CC(N)C1c1occc1Br. The number of likely N-dealkylation sites (tertiary alicyclic amines) is 1. The summed E-state index contributed by atoms with van der Waals surface area (Å²) in [5.74, 6) is 0.870. The van der Waals surface area contributed by atoms with E-state index in [4.69, 9.17) is 10.2 Å². The molecule has 4 nitrogen and oxygen atoms in total. The van der Waals surface area contributed by atoms with Crippen molar-refractivity contribution in [2.24, 2.45) is 5.73 Å². The van der Waals surface area contributed by atoms with Crippen molar-refractivity contribution < 1.29 is 9.21 Å². The Labute approximate surface area is 103 Å². The summed E-state index contributed by atoms with van der Waals surface area (Å²) in [6.07, 6.45) is 2.93. The van der Waals surface area contributed by atoms with E-state index >= 15 is 0 Å². The minimum absolute atomic E-state index is 0.114. The van der Waals surface area contributed by atoms with Crippen molar-refractivity contribution in [1.82, 2.24) is 4.90 Å². The summed E-state index contributed by atoms with van der Waals surface area (Å²) >= 11 is 3.42. The maximum atomic E-state index is 11.8. The first-order valence-electron chi connectivity index (χ1n) is 5.43. The molecular formula is C11H15BrN2O2. The van der Waals surface area contributed by atoms with Gasteiger partial charge in [-0.3, -0.25) is 4.79 Å². The highest BCUT2D eigenvalue weighted by molar-refractivity contribution is 9.10. The first-order chi connectivity index (χ1) is 7.65. The van der Waals surface area contributed by atoms with Gasteiger partial charge in [0.2, 0.25) is 5.91 Å². The zero-order valence-corrected chi connectivity index (χ0v) is 10.7. The molecule has 0 aliphatic carbocycles. The molecule has 0 aromatic carbocycles. The molecule has 1 aliphatic heterocycles. The van der Waals surface area contributed by atoms with Gasteiger partial charge < -0.3 is 15.1 Å². The molecule has 0 saturated carbocycles. The quantitative estimate of drug-likeness (QED) is 0.925. The molecule has 1 aromatic heterocycles. The molecular weight excluding hydrogens is 272 g/mol. The van der Waals surface area contributed by atoms with Crippen LogP contribution in [0.1, 0.15) is 31.6 Å². The van der Waals surface area contributed by atoms with Crippen molar-refractivity contribution in [3.8, 4) is 0 Å². The molecule has 2 heterocycles. The Morgan fingerprint density at radius 3 is 3.00 bits per heavy atom. The van der Waals surface area contributed by atoms with Crippen LogP contribution >= 0.6 is 15.9 Å². The third-order valence-electron chi connectivity index (χ3n) is 2.85. The summed E-state index contributed by atoms with van der Waals surface area (Å²) in [5.41, 5.74) is 6.01. The Morgan fingerprint density at radius 2 is 2.44 bits per heavy atom. The van der Waals surface area contributed by atoms with E-state index in [1.54, 1.807) is 6.26 Å². The van der Waals surface area contributed by atoms with E-state index in [0.717, 1.165) is 23.2 Å². The highest BCUT2D eigenvalue weighted by atomic mass is 79.9. The van der Waals surface area contributed by atoms with E-state index in [1.165, 1.54) is 0 Å². The second-order valence-corrected chi connectivity index (χ2v) is 4.89. The largest absolute Gasteiger partial charge is 0.466 e. The third-order valence-corrected chi connectivity index (χ3v) is 3.51. The second-order valence-electron chi connectivity index (χ2n) is 4.03. The number of amides is 1. The van der Waals surface area contributed by atoms with Crippen LogP contribution in [0.4, 0.5) is 0 Å². The molecule has 88 valence electrons. The van der Waals surface area contributed by atoms with Crippen LogP contribution < -0.4 is 5.73 Å². The molecule has 1 fully saturated rings. The highest BCUT2D eigenvalue weighted by Crippen LogP contribution is 2.36. The topological polar surface area (TPSA) is 59.5 Å². The lowest BCUT2D eigenvalue weighted by Crippen LogP contribution is -2.33. The van der Waals surface area contributed by atoms with Crippen LogP contribution in [-0.2, 0) is 4.79 Å². The molecule has 1 amide bonds. The molecule has 16 heavy (non-hydrogen) atoms. The number of carbonyl (C=O) groups is 1. The molecule has 1 saturated heterocycles. The Bertz CT molecular complexity index is 391. The predicted molar refractivity (Wildman–Crippen MR) is 63.7 cm³/mol. The van der Waals surface area contributed by atoms with Gasteiger partial charge in [0.15, 0.2) is 0 Å². The van der Waals surface area contributed by atoms with Gasteiger partial charge in [-0.1, -0.05) is 6.92 Å². The molecule has 0 spiro atoms. The molecule has 0 radical (unpaired) electrons. The molecule has 2 atom stereocenters. The normalized spacial score (nSPS) is 25.4. The second kappa shape index (κ2) is 4.59. The Hall–Kier alpha value is -0.810. The van der Waals surface area contributed by atoms with Crippen LogP contribution in [-0.4, -0.2) is 23.4 Å². The van der Waals surface area contributed by atoms with Gasteiger partial charge in [0.1, 0.15) is 11.8 Å².